The standard InChI is InChI=1S/C20H21FN4O2/c1-24(13-14-27-19-9-5-17(21)6-10-19)20(26)23-18-7-3-16(4-8-18)15-25-12-2-11-22-25/h2-12H,13-15H2,1H3,(H,23,26). The molecule has 0 aliphatic rings. The summed E-state index contributed by atoms with van der Waals surface area (Å²) in [6.07, 6.45) is 3.64. The van der Waals surface area contributed by atoms with Gasteiger partial charge in [0.2, 0.25) is 0 Å². The molecule has 0 saturated heterocycles. The minimum absolute atomic E-state index is 0.225. The molecule has 1 N–H and O–H groups in total. The number of halogens is 1. The van der Waals surface area contributed by atoms with Crippen molar-refractivity contribution in [1.82, 2.24) is 14.7 Å². The summed E-state index contributed by atoms with van der Waals surface area (Å²) in [6.45, 7) is 1.40. The van der Waals surface area contributed by atoms with Gasteiger partial charge in [-0.2, -0.15) is 5.10 Å². The average molecular weight is 368 g/mol. The van der Waals surface area contributed by atoms with Gasteiger partial charge in [0, 0.05) is 25.1 Å². The quantitative estimate of drug-likeness (QED) is 0.693. The highest BCUT2D eigenvalue weighted by molar-refractivity contribution is 5.89. The molecule has 0 aliphatic heterocycles. The molecule has 0 aliphatic carbocycles. The highest BCUT2D eigenvalue weighted by Gasteiger charge is 2.09. The predicted octanol–water partition coefficient (Wildman–Crippen LogP) is 3.61. The first-order valence-electron chi connectivity index (χ1n) is 8.57. The second-order valence-corrected chi connectivity index (χ2v) is 6.05. The summed E-state index contributed by atoms with van der Waals surface area (Å²) < 4.78 is 20.2. The van der Waals surface area contributed by atoms with Gasteiger partial charge in [-0.25, -0.2) is 9.18 Å². The summed E-state index contributed by atoms with van der Waals surface area (Å²) in [5, 5.41) is 7.01. The third kappa shape index (κ3) is 5.57. The van der Waals surface area contributed by atoms with Crippen molar-refractivity contribution in [1.29, 1.82) is 0 Å². The maximum Gasteiger partial charge on any atom is 0.321 e. The molecule has 1 aromatic heterocycles. The molecule has 0 saturated carbocycles. The summed E-state index contributed by atoms with van der Waals surface area (Å²) in [5.41, 5.74) is 1.81. The van der Waals surface area contributed by atoms with Gasteiger partial charge in [-0.3, -0.25) is 4.68 Å². The maximum absolute atomic E-state index is 12.8. The number of likely N-dealkylation sites (N-methyl/N-ethyl adjacent to an activating group) is 1. The van der Waals surface area contributed by atoms with Crippen LogP contribution in [0.2, 0.25) is 0 Å². The maximum atomic E-state index is 12.8. The Morgan fingerprint density at radius 1 is 1.19 bits per heavy atom. The van der Waals surface area contributed by atoms with Crippen LogP contribution in [0.15, 0.2) is 67.0 Å². The largest absolute Gasteiger partial charge is 0.492 e. The Labute approximate surface area is 157 Å². The summed E-state index contributed by atoms with van der Waals surface area (Å²) >= 11 is 0. The number of amides is 2. The Morgan fingerprint density at radius 3 is 2.59 bits per heavy atom. The number of carbonyl (C=O) groups is 1. The number of ether oxygens (including phenoxy) is 1. The van der Waals surface area contributed by atoms with E-state index in [4.69, 9.17) is 4.74 Å². The number of rotatable bonds is 7. The highest BCUT2D eigenvalue weighted by Crippen LogP contribution is 2.12. The van der Waals surface area contributed by atoms with Crippen LogP contribution in [0.1, 0.15) is 5.56 Å². The Morgan fingerprint density at radius 2 is 1.93 bits per heavy atom. The molecule has 0 spiro atoms. The molecule has 27 heavy (non-hydrogen) atoms. The van der Waals surface area contributed by atoms with Gasteiger partial charge < -0.3 is 15.0 Å². The Hall–Kier alpha value is -3.35. The van der Waals surface area contributed by atoms with Crippen molar-refractivity contribution < 1.29 is 13.9 Å². The minimum Gasteiger partial charge on any atom is -0.492 e. The van der Waals surface area contributed by atoms with E-state index in [1.807, 2.05) is 41.2 Å². The fourth-order valence-electron chi connectivity index (χ4n) is 2.43. The van der Waals surface area contributed by atoms with E-state index < -0.39 is 0 Å². The number of nitrogens with zero attached hydrogens (tertiary/aromatic N) is 3. The van der Waals surface area contributed by atoms with Crippen molar-refractivity contribution in [2.75, 3.05) is 25.5 Å². The van der Waals surface area contributed by atoms with E-state index in [0.717, 1.165) is 11.3 Å². The summed E-state index contributed by atoms with van der Waals surface area (Å²) in [4.78, 5) is 13.8. The molecular weight excluding hydrogens is 347 g/mol. The number of hydrogen-bond acceptors (Lipinski definition) is 3. The lowest BCUT2D eigenvalue weighted by Crippen LogP contribution is -2.34. The number of anilines is 1. The fraction of sp³-hybridized carbons (Fsp3) is 0.200. The molecule has 6 nitrogen and oxygen atoms in total. The zero-order chi connectivity index (χ0) is 19.1. The summed E-state index contributed by atoms with van der Waals surface area (Å²) in [6, 6.07) is 15.1. The number of benzene rings is 2. The number of aromatic nitrogens is 2. The molecule has 1 heterocycles. The predicted molar refractivity (Wildman–Crippen MR) is 101 cm³/mol. The molecule has 2 aromatic carbocycles. The smallest absolute Gasteiger partial charge is 0.321 e. The molecular formula is C20H21FN4O2. The lowest BCUT2D eigenvalue weighted by Gasteiger charge is -2.18. The normalized spacial score (nSPS) is 10.4. The lowest BCUT2D eigenvalue weighted by molar-refractivity contribution is 0.207. The zero-order valence-corrected chi connectivity index (χ0v) is 15.0. The van der Waals surface area contributed by atoms with Gasteiger partial charge in [-0.1, -0.05) is 12.1 Å². The van der Waals surface area contributed by atoms with E-state index >= 15 is 0 Å². The van der Waals surface area contributed by atoms with Gasteiger partial charge in [-0.05, 0) is 48.0 Å². The van der Waals surface area contributed by atoms with Crippen molar-refractivity contribution in [3.8, 4) is 5.75 Å². The topological polar surface area (TPSA) is 59.4 Å². The van der Waals surface area contributed by atoms with E-state index in [1.54, 1.807) is 25.4 Å². The minimum atomic E-state index is -0.311. The summed E-state index contributed by atoms with van der Waals surface area (Å²) in [5.74, 6) is 0.257. The van der Waals surface area contributed by atoms with Gasteiger partial charge in [0.1, 0.15) is 18.2 Å². The highest BCUT2D eigenvalue weighted by atomic mass is 19.1. The number of hydrogen-bond donors (Lipinski definition) is 1. The number of nitrogens with one attached hydrogen (secondary N) is 1. The van der Waals surface area contributed by atoms with Crippen molar-refractivity contribution in [3.63, 3.8) is 0 Å². The molecule has 3 aromatic rings. The van der Waals surface area contributed by atoms with Gasteiger partial charge >= 0.3 is 6.03 Å². The molecule has 140 valence electrons. The van der Waals surface area contributed by atoms with Crippen LogP contribution in [0, 0.1) is 5.82 Å². The monoisotopic (exact) mass is 368 g/mol. The third-order valence-corrected chi connectivity index (χ3v) is 3.96. The lowest BCUT2D eigenvalue weighted by atomic mass is 10.2. The van der Waals surface area contributed by atoms with Crippen LogP contribution in [-0.2, 0) is 6.54 Å². The second-order valence-electron chi connectivity index (χ2n) is 6.05. The van der Waals surface area contributed by atoms with Crippen LogP contribution in [-0.4, -0.2) is 40.9 Å². The van der Waals surface area contributed by atoms with Crippen LogP contribution in [0.4, 0.5) is 14.9 Å². The van der Waals surface area contributed by atoms with Gasteiger partial charge in [0.15, 0.2) is 0 Å². The van der Waals surface area contributed by atoms with E-state index in [0.29, 0.717) is 25.4 Å². The summed E-state index contributed by atoms with van der Waals surface area (Å²) in [7, 11) is 1.69. The molecule has 3 rings (SSSR count). The Kier molecular flexibility index (Phi) is 6.04. The first-order chi connectivity index (χ1) is 13.1. The Bertz CT molecular complexity index is 849. The fourth-order valence-corrected chi connectivity index (χ4v) is 2.43. The zero-order valence-electron chi connectivity index (χ0n) is 15.0. The molecule has 0 atom stereocenters. The number of carbonyl (C=O) groups excluding carboxylic acids is 1. The van der Waals surface area contributed by atoms with Gasteiger partial charge in [0.25, 0.3) is 0 Å². The van der Waals surface area contributed by atoms with Gasteiger partial charge in [0.05, 0.1) is 13.1 Å². The molecule has 0 unspecified atom stereocenters. The molecule has 2 amide bonds. The Balaban J connectivity index is 1.44. The van der Waals surface area contributed by atoms with Crippen LogP contribution in [0.3, 0.4) is 0 Å². The van der Waals surface area contributed by atoms with E-state index in [-0.39, 0.29) is 11.8 Å². The van der Waals surface area contributed by atoms with E-state index in [2.05, 4.69) is 10.4 Å². The van der Waals surface area contributed by atoms with E-state index in [9.17, 15) is 9.18 Å². The SMILES string of the molecule is CN(CCOc1ccc(F)cc1)C(=O)Nc1ccc(Cn2cccn2)cc1. The van der Waals surface area contributed by atoms with Crippen molar-refractivity contribution in [3.05, 3.63) is 78.4 Å². The van der Waals surface area contributed by atoms with Crippen LogP contribution >= 0.6 is 0 Å². The second kappa shape index (κ2) is 8.84. The van der Waals surface area contributed by atoms with Gasteiger partial charge in [-0.15, -0.1) is 0 Å². The van der Waals surface area contributed by atoms with E-state index in [1.165, 1.54) is 17.0 Å². The molecule has 0 fully saturated rings. The van der Waals surface area contributed by atoms with Crippen molar-refractivity contribution >= 4 is 11.7 Å². The first kappa shape index (κ1) is 18.4. The van der Waals surface area contributed by atoms with Crippen LogP contribution < -0.4 is 10.1 Å². The first-order valence-corrected chi connectivity index (χ1v) is 8.57. The average Bonchev–Trinajstić information content (AvgIpc) is 3.18. The third-order valence-electron chi connectivity index (χ3n) is 3.96. The molecule has 0 bridgehead atoms. The molecule has 0 radical (unpaired) electrons. The number of urea groups is 1. The van der Waals surface area contributed by atoms with Crippen LogP contribution in [0.5, 0.6) is 5.75 Å². The van der Waals surface area contributed by atoms with Crippen LogP contribution in [0.25, 0.3) is 0 Å². The van der Waals surface area contributed by atoms with Crippen molar-refractivity contribution in [2.45, 2.75) is 6.54 Å². The molecule has 7 heteroatoms. The van der Waals surface area contributed by atoms with Crippen molar-refractivity contribution in [2.24, 2.45) is 0 Å².